The number of benzene rings is 3. The molecule has 7 heteroatoms. The van der Waals surface area contributed by atoms with Crippen LogP contribution in [0.3, 0.4) is 0 Å². The van der Waals surface area contributed by atoms with Crippen molar-refractivity contribution in [1.29, 1.82) is 0 Å². The van der Waals surface area contributed by atoms with E-state index in [4.69, 9.17) is 11.6 Å². The van der Waals surface area contributed by atoms with E-state index in [0.717, 1.165) is 34.2 Å². The molecule has 0 aliphatic carbocycles. The second-order valence-electron chi connectivity index (χ2n) is 7.67. The average Bonchev–Trinajstić information content (AvgIpc) is 2.68. The van der Waals surface area contributed by atoms with E-state index in [9.17, 15) is 13.2 Å². The molecule has 3 rings (SSSR count). The number of hydrogen-bond acceptors (Lipinski definition) is 3. The van der Waals surface area contributed by atoms with Crippen LogP contribution in [0.4, 0.5) is 11.4 Å². The molecule has 1 amide bonds. The van der Waals surface area contributed by atoms with Gasteiger partial charge in [-0.1, -0.05) is 47.5 Å². The van der Waals surface area contributed by atoms with Crippen LogP contribution in [0.15, 0.2) is 60.7 Å². The quantitative estimate of drug-likeness (QED) is 0.533. The van der Waals surface area contributed by atoms with Gasteiger partial charge in [0.05, 0.1) is 18.5 Å². The third-order valence-corrected chi connectivity index (χ3v) is 6.33. The Bertz CT molecular complexity index is 1200. The van der Waals surface area contributed by atoms with Gasteiger partial charge < -0.3 is 5.32 Å². The lowest BCUT2D eigenvalue weighted by Gasteiger charge is -2.23. The molecule has 0 spiro atoms. The number of sulfonamides is 1. The standard InChI is InChI=1S/C24H25ClN2O3S/c1-16-12-17(2)23(18(3)13-16)26-24(28)20-10-8-19(9-11-20)15-27(31(4,29)30)22-7-5-6-21(25)14-22/h5-14H,15H2,1-4H3,(H,26,28). The number of halogens is 1. The van der Waals surface area contributed by atoms with Crippen LogP contribution in [0.5, 0.6) is 0 Å². The third kappa shape index (κ3) is 5.66. The highest BCUT2D eigenvalue weighted by atomic mass is 35.5. The van der Waals surface area contributed by atoms with Crippen LogP contribution >= 0.6 is 11.6 Å². The van der Waals surface area contributed by atoms with Gasteiger partial charge in [0.1, 0.15) is 0 Å². The fraction of sp³-hybridized carbons (Fsp3) is 0.208. The second-order valence-corrected chi connectivity index (χ2v) is 10.0. The second kappa shape index (κ2) is 9.12. The van der Waals surface area contributed by atoms with Crippen molar-refractivity contribution in [2.24, 2.45) is 0 Å². The molecule has 5 nitrogen and oxygen atoms in total. The molecule has 0 bridgehead atoms. The predicted molar refractivity (Wildman–Crippen MR) is 128 cm³/mol. The average molecular weight is 457 g/mol. The molecule has 31 heavy (non-hydrogen) atoms. The summed E-state index contributed by atoms with van der Waals surface area (Å²) in [6, 6.07) is 17.7. The molecule has 0 aliphatic rings. The van der Waals surface area contributed by atoms with Gasteiger partial charge in [0, 0.05) is 16.3 Å². The first kappa shape index (κ1) is 22.8. The van der Waals surface area contributed by atoms with E-state index < -0.39 is 10.0 Å². The Kier molecular flexibility index (Phi) is 6.72. The summed E-state index contributed by atoms with van der Waals surface area (Å²) in [5.41, 5.74) is 5.71. The maximum atomic E-state index is 12.7. The third-order valence-electron chi connectivity index (χ3n) is 4.95. The molecule has 0 heterocycles. The number of rotatable bonds is 6. The van der Waals surface area contributed by atoms with Crippen molar-refractivity contribution in [3.63, 3.8) is 0 Å². The van der Waals surface area contributed by atoms with E-state index >= 15 is 0 Å². The molecule has 0 aliphatic heterocycles. The van der Waals surface area contributed by atoms with Gasteiger partial charge >= 0.3 is 0 Å². The Hall–Kier alpha value is -2.83. The summed E-state index contributed by atoms with van der Waals surface area (Å²) in [5, 5.41) is 3.44. The minimum absolute atomic E-state index is 0.136. The first-order valence-electron chi connectivity index (χ1n) is 9.76. The summed E-state index contributed by atoms with van der Waals surface area (Å²) < 4.78 is 25.9. The van der Waals surface area contributed by atoms with Crippen molar-refractivity contribution in [2.75, 3.05) is 15.9 Å². The van der Waals surface area contributed by atoms with E-state index in [1.54, 1.807) is 48.5 Å². The summed E-state index contributed by atoms with van der Waals surface area (Å²) in [6.45, 7) is 6.09. The zero-order valence-electron chi connectivity index (χ0n) is 17.9. The molecular formula is C24H25ClN2O3S. The highest BCUT2D eigenvalue weighted by Crippen LogP contribution is 2.25. The smallest absolute Gasteiger partial charge is 0.255 e. The van der Waals surface area contributed by atoms with E-state index in [2.05, 4.69) is 5.32 Å². The van der Waals surface area contributed by atoms with Gasteiger partial charge in [0.15, 0.2) is 0 Å². The molecule has 1 N–H and O–H groups in total. The van der Waals surface area contributed by atoms with E-state index in [0.29, 0.717) is 16.3 Å². The molecule has 0 saturated heterocycles. The van der Waals surface area contributed by atoms with Crippen LogP contribution in [0, 0.1) is 20.8 Å². The van der Waals surface area contributed by atoms with E-state index in [1.165, 1.54) is 4.31 Å². The SMILES string of the molecule is Cc1cc(C)c(NC(=O)c2ccc(CN(c3cccc(Cl)c3)S(C)(=O)=O)cc2)c(C)c1. The Morgan fingerprint density at radius 3 is 2.13 bits per heavy atom. The molecule has 3 aromatic carbocycles. The molecule has 162 valence electrons. The predicted octanol–water partition coefficient (Wildman–Crippen LogP) is 5.48. The number of hydrogen-bond donors (Lipinski definition) is 1. The number of amides is 1. The highest BCUT2D eigenvalue weighted by Gasteiger charge is 2.18. The lowest BCUT2D eigenvalue weighted by Crippen LogP contribution is -2.29. The summed E-state index contributed by atoms with van der Waals surface area (Å²) in [6.07, 6.45) is 1.15. The zero-order valence-corrected chi connectivity index (χ0v) is 19.5. The number of nitrogens with one attached hydrogen (secondary N) is 1. The van der Waals surface area contributed by atoms with Gasteiger partial charge in [-0.3, -0.25) is 9.10 Å². The van der Waals surface area contributed by atoms with Crippen molar-refractivity contribution in [3.8, 4) is 0 Å². The Morgan fingerprint density at radius 2 is 1.58 bits per heavy atom. The molecule has 0 saturated carbocycles. The van der Waals surface area contributed by atoms with Crippen LogP contribution in [-0.4, -0.2) is 20.6 Å². The van der Waals surface area contributed by atoms with Crippen molar-refractivity contribution < 1.29 is 13.2 Å². The highest BCUT2D eigenvalue weighted by molar-refractivity contribution is 7.92. The number of anilines is 2. The summed E-state index contributed by atoms with van der Waals surface area (Å²) in [4.78, 5) is 12.7. The van der Waals surface area contributed by atoms with E-state index in [1.807, 2.05) is 32.9 Å². The largest absolute Gasteiger partial charge is 0.322 e. The maximum absolute atomic E-state index is 12.7. The molecular weight excluding hydrogens is 432 g/mol. The van der Waals surface area contributed by atoms with Crippen molar-refractivity contribution in [3.05, 3.63) is 93.5 Å². The van der Waals surface area contributed by atoms with Crippen molar-refractivity contribution >= 4 is 38.9 Å². The first-order chi connectivity index (χ1) is 14.5. The van der Waals surface area contributed by atoms with Gasteiger partial charge in [-0.05, 0) is 67.8 Å². The van der Waals surface area contributed by atoms with Gasteiger partial charge in [0.2, 0.25) is 10.0 Å². The molecule has 0 fully saturated rings. The fourth-order valence-corrected chi connectivity index (χ4v) is 4.59. The Balaban J connectivity index is 1.80. The van der Waals surface area contributed by atoms with Crippen LogP contribution in [0.2, 0.25) is 5.02 Å². The molecule has 0 atom stereocenters. The summed E-state index contributed by atoms with van der Waals surface area (Å²) in [7, 11) is -3.52. The van der Waals surface area contributed by atoms with Crippen molar-refractivity contribution in [2.45, 2.75) is 27.3 Å². The fourth-order valence-electron chi connectivity index (χ4n) is 3.52. The monoisotopic (exact) mass is 456 g/mol. The number of carbonyl (C=O) groups is 1. The zero-order chi connectivity index (χ0) is 22.8. The molecule has 3 aromatic rings. The molecule has 0 radical (unpaired) electrons. The number of nitrogens with zero attached hydrogens (tertiary/aromatic N) is 1. The topological polar surface area (TPSA) is 66.5 Å². The molecule has 0 unspecified atom stereocenters. The van der Waals surface area contributed by atoms with Crippen LogP contribution < -0.4 is 9.62 Å². The maximum Gasteiger partial charge on any atom is 0.255 e. The van der Waals surface area contributed by atoms with Crippen molar-refractivity contribution in [1.82, 2.24) is 0 Å². The normalized spacial score (nSPS) is 11.3. The van der Waals surface area contributed by atoms with Gasteiger partial charge in [-0.15, -0.1) is 0 Å². The summed E-state index contributed by atoms with van der Waals surface area (Å²) in [5.74, 6) is -0.212. The van der Waals surface area contributed by atoms with Gasteiger partial charge in [-0.25, -0.2) is 8.42 Å². The van der Waals surface area contributed by atoms with E-state index in [-0.39, 0.29) is 12.5 Å². The van der Waals surface area contributed by atoms with Gasteiger partial charge in [-0.2, -0.15) is 0 Å². The lowest BCUT2D eigenvalue weighted by molar-refractivity contribution is 0.102. The van der Waals surface area contributed by atoms with Crippen LogP contribution in [0.1, 0.15) is 32.6 Å². The van der Waals surface area contributed by atoms with Gasteiger partial charge in [0.25, 0.3) is 5.91 Å². The van der Waals surface area contributed by atoms with Crippen LogP contribution in [0.25, 0.3) is 0 Å². The summed E-state index contributed by atoms with van der Waals surface area (Å²) >= 11 is 6.03. The first-order valence-corrected chi connectivity index (χ1v) is 12.0. The number of aryl methyl sites for hydroxylation is 3. The Morgan fingerprint density at radius 1 is 0.968 bits per heavy atom. The minimum atomic E-state index is -3.52. The lowest BCUT2D eigenvalue weighted by atomic mass is 10.0. The minimum Gasteiger partial charge on any atom is -0.322 e. The van der Waals surface area contributed by atoms with Crippen LogP contribution in [-0.2, 0) is 16.6 Å². The number of carbonyl (C=O) groups excluding carboxylic acids is 1. The molecule has 0 aromatic heterocycles. The Labute approximate surface area is 188 Å².